The second-order valence-corrected chi connectivity index (χ2v) is 5.59. The summed E-state index contributed by atoms with van der Waals surface area (Å²) >= 11 is 0. The molecular weight excluding hydrogens is 296 g/mol. The van der Waals surface area contributed by atoms with Gasteiger partial charge in [0.1, 0.15) is 17.3 Å². The Bertz CT molecular complexity index is 662. The number of anilines is 1. The molecule has 7 heteroatoms. The van der Waals surface area contributed by atoms with Crippen molar-refractivity contribution in [2.24, 2.45) is 0 Å². The fraction of sp³-hybridized carbons (Fsp3) is 0.438. The van der Waals surface area contributed by atoms with Crippen LogP contribution in [-0.4, -0.2) is 54.3 Å². The Balaban J connectivity index is 1.64. The number of carbonyl (C=O) groups excluding carboxylic acids is 1. The molecule has 1 fully saturated rings. The maximum Gasteiger partial charge on any atom is 0.255 e. The summed E-state index contributed by atoms with van der Waals surface area (Å²) in [6, 6.07) is 5.51. The van der Waals surface area contributed by atoms with Gasteiger partial charge < -0.3 is 19.1 Å². The molecule has 0 aromatic carbocycles. The van der Waals surface area contributed by atoms with Crippen LogP contribution in [0.5, 0.6) is 0 Å². The molecule has 0 bridgehead atoms. The van der Waals surface area contributed by atoms with E-state index in [1.807, 2.05) is 25.1 Å². The summed E-state index contributed by atoms with van der Waals surface area (Å²) in [4.78, 5) is 20.6. The lowest BCUT2D eigenvalue weighted by Gasteiger charge is -2.27. The van der Waals surface area contributed by atoms with Crippen LogP contribution in [0.15, 0.2) is 28.9 Å². The minimum atomic E-state index is -0.0910. The molecule has 0 aliphatic carbocycles. The van der Waals surface area contributed by atoms with E-state index in [1.54, 1.807) is 18.1 Å². The minimum absolute atomic E-state index is 0.0910. The smallest absolute Gasteiger partial charge is 0.255 e. The zero-order valence-electron chi connectivity index (χ0n) is 13.4. The van der Waals surface area contributed by atoms with Crippen LogP contribution >= 0.6 is 0 Å². The first-order valence-electron chi connectivity index (χ1n) is 7.60. The number of rotatable bonds is 4. The lowest BCUT2D eigenvalue weighted by Crippen LogP contribution is -2.36. The highest BCUT2D eigenvalue weighted by molar-refractivity contribution is 5.93. The van der Waals surface area contributed by atoms with Crippen LogP contribution in [0.3, 0.4) is 0 Å². The van der Waals surface area contributed by atoms with Gasteiger partial charge in [0, 0.05) is 32.4 Å². The van der Waals surface area contributed by atoms with E-state index in [1.165, 1.54) is 0 Å². The first-order valence-corrected chi connectivity index (χ1v) is 7.60. The summed E-state index contributed by atoms with van der Waals surface area (Å²) in [6.45, 7) is 5.30. The van der Waals surface area contributed by atoms with Gasteiger partial charge in [0.25, 0.3) is 5.91 Å². The van der Waals surface area contributed by atoms with Gasteiger partial charge in [0.2, 0.25) is 0 Å². The minimum Gasteiger partial charge on any atom is -0.378 e. The van der Waals surface area contributed by atoms with Gasteiger partial charge in [-0.1, -0.05) is 5.16 Å². The molecule has 3 rings (SSSR count). The molecule has 1 saturated heterocycles. The van der Waals surface area contributed by atoms with Crippen molar-refractivity contribution >= 4 is 11.7 Å². The molecule has 1 aliphatic heterocycles. The molecule has 2 aromatic rings. The highest BCUT2D eigenvalue weighted by Gasteiger charge is 2.16. The summed E-state index contributed by atoms with van der Waals surface area (Å²) in [5.41, 5.74) is 1.29. The fourth-order valence-corrected chi connectivity index (χ4v) is 2.52. The number of hydrogen-bond acceptors (Lipinski definition) is 6. The molecule has 0 N–H and O–H groups in total. The van der Waals surface area contributed by atoms with Crippen LogP contribution in [0.1, 0.15) is 21.8 Å². The van der Waals surface area contributed by atoms with E-state index in [9.17, 15) is 4.79 Å². The Morgan fingerprint density at radius 2 is 2.13 bits per heavy atom. The number of morpholine rings is 1. The van der Waals surface area contributed by atoms with Crippen LogP contribution in [0.4, 0.5) is 5.82 Å². The Morgan fingerprint density at radius 1 is 1.35 bits per heavy atom. The second kappa shape index (κ2) is 6.78. The SMILES string of the molecule is Cc1cc(CN(C)C(=O)c2ccc(N3CCOCC3)nc2)no1. The Morgan fingerprint density at radius 3 is 2.74 bits per heavy atom. The van der Waals surface area contributed by atoms with E-state index in [-0.39, 0.29) is 5.91 Å². The Hall–Kier alpha value is -2.41. The number of aryl methyl sites for hydroxylation is 1. The van der Waals surface area contributed by atoms with Crippen molar-refractivity contribution in [3.63, 3.8) is 0 Å². The van der Waals surface area contributed by atoms with Crippen LogP contribution < -0.4 is 4.90 Å². The van der Waals surface area contributed by atoms with Crippen molar-refractivity contribution in [1.82, 2.24) is 15.0 Å². The first-order chi connectivity index (χ1) is 11.1. The van der Waals surface area contributed by atoms with Crippen LogP contribution in [0.25, 0.3) is 0 Å². The number of hydrogen-bond donors (Lipinski definition) is 0. The highest BCUT2D eigenvalue weighted by Crippen LogP contribution is 2.14. The van der Waals surface area contributed by atoms with Crippen molar-refractivity contribution < 1.29 is 14.1 Å². The van der Waals surface area contributed by atoms with E-state index >= 15 is 0 Å². The van der Waals surface area contributed by atoms with Crippen LogP contribution in [0, 0.1) is 6.92 Å². The third kappa shape index (κ3) is 3.68. The number of amides is 1. The summed E-state index contributed by atoms with van der Waals surface area (Å²) in [5, 5.41) is 3.90. The lowest BCUT2D eigenvalue weighted by atomic mass is 10.2. The molecule has 3 heterocycles. The summed E-state index contributed by atoms with van der Waals surface area (Å²) in [6.07, 6.45) is 1.62. The average Bonchev–Trinajstić information content (AvgIpc) is 3.00. The zero-order chi connectivity index (χ0) is 16.2. The number of pyridine rings is 1. The predicted molar refractivity (Wildman–Crippen MR) is 84.3 cm³/mol. The normalized spacial score (nSPS) is 14.8. The van der Waals surface area contributed by atoms with Gasteiger partial charge in [-0.05, 0) is 19.1 Å². The third-order valence-electron chi connectivity index (χ3n) is 3.75. The number of nitrogens with zero attached hydrogens (tertiary/aromatic N) is 4. The van der Waals surface area contributed by atoms with Crippen molar-refractivity contribution in [2.75, 3.05) is 38.3 Å². The van der Waals surface area contributed by atoms with Crippen LogP contribution in [0.2, 0.25) is 0 Å². The molecule has 0 atom stereocenters. The average molecular weight is 316 g/mol. The van der Waals surface area contributed by atoms with Crippen molar-refractivity contribution in [3.8, 4) is 0 Å². The molecular formula is C16H20N4O3. The lowest BCUT2D eigenvalue weighted by molar-refractivity contribution is 0.0781. The fourth-order valence-electron chi connectivity index (χ4n) is 2.52. The van der Waals surface area contributed by atoms with Gasteiger partial charge in [-0.3, -0.25) is 4.79 Å². The summed E-state index contributed by atoms with van der Waals surface area (Å²) in [7, 11) is 1.74. The molecule has 122 valence electrons. The molecule has 7 nitrogen and oxygen atoms in total. The van der Waals surface area contributed by atoms with Crippen molar-refractivity contribution in [2.45, 2.75) is 13.5 Å². The monoisotopic (exact) mass is 316 g/mol. The van der Waals surface area contributed by atoms with Gasteiger partial charge >= 0.3 is 0 Å². The first kappa shape index (κ1) is 15.5. The van der Waals surface area contributed by atoms with Crippen LogP contribution in [-0.2, 0) is 11.3 Å². The Kier molecular flexibility index (Phi) is 4.57. The van der Waals surface area contributed by atoms with Gasteiger partial charge in [0.15, 0.2) is 0 Å². The van der Waals surface area contributed by atoms with E-state index in [0.29, 0.717) is 25.3 Å². The summed E-state index contributed by atoms with van der Waals surface area (Å²) < 4.78 is 10.3. The molecule has 0 unspecified atom stereocenters. The number of aromatic nitrogens is 2. The topological polar surface area (TPSA) is 71.7 Å². The van der Waals surface area contributed by atoms with E-state index in [2.05, 4.69) is 15.0 Å². The Labute approximate surface area is 134 Å². The summed E-state index contributed by atoms with van der Waals surface area (Å²) in [5.74, 6) is 1.52. The highest BCUT2D eigenvalue weighted by atomic mass is 16.5. The van der Waals surface area contributed by atoms with E-state index < -0.39 is 0 Å². The standard InChI is InChI=1S/C16H20N4O3/c1-12-9-14(18-23-12)11-19(2)16(21)13-3-4-15(17-10-13)20-5-7-22-8-6-20/h3-4,9-10H,5-8,11H2,1-2H3. The molecule has 1 amide bonds. The molecule has 1 aliphatic rings. The molecule has 0 radical (unpaired) electrons. The van der Waals surface area contributed by atoms with Gasteiger partial charge in [-0.2, -0.15) is 0 Å². The molecule has 2 aromatic heterocycles. The predicted octanol–water partition coefficient (Wildman–Crippen LogP) is 1.49. The maximum absolute atomic E-state index is 12.4. The quantitative estimate of drug-likeness (QED) is 0.851. The maximum atomic E-state index is 12.4. The zero-order valence-corrected chi connectivity index (χ0v) is 13.4. The molecule has 0 spiro atoms. The van der Waals surface area contributed by atoms with E-state index in [4.69, 9.17) is 9.26 Å². The van der Waals surface area contributed by atoms with Crippen molar-refractivity contribution in [3.05, 3.63) is 41.4 Å². The third-order valence-corrected chi connectivity index (χ3v) is 3.75. The van der Waals surface area contributed by atoms with Gasteiger partial charge in [-0.15, -0.1) is 0 Å². The number of carbonyl (C=O) groups is 1. The second-order valence-electron chi connectivity index (χ2n) is 5.59. The van der Waals surface area contributed by atoms with Crippen molar-refractivity contribution in [1.29, 1.82) is 0 Å². The molecule has 23 heavy (non-hydrogen) atoms. The largest absolute Gasteiger partial charge is 0.378 e. The van der Waals surface area contributed by atoms with Gasteiger partial charge in [0.05, 0.1) is 25.3 Å². The van der Waals surface area contributed by atoms with E-state index in [0.717, 1.165) is 30.4 Å². The van der Waals surface area contributed by atoms with Gasteiger partial charge in [-0.25, -0.2) is 4.98 Å². The number of ether oxygens (including phenoxy) is 1. The molecule has 0 saturated carbocycles.